The van der Waals surface area contributed by atoms with Crippen molar-refractivity contribution < 1.29 is 13.6 Å². The number of hydrogen-bond acceptors (Lipinski definition) is 3. The average molecular weight is 407 g/mol. The molecule has 0 spiro atoms. The lowest BCUT2D eigenvalue weighted by Gasteiger charge is -2.38. The highest BCUT2D eigenvalue weighted by atomic mass is 19.3. The Balaban J connectivity index is 1.37. The van der Waals surface area contributed by atoms with Gasteiger partial charge in [-0.05, 0) is 29.3 Å². The number of nitrogens with one attached hydrogen (secondary N) is 1. The van der Waals surface area contributed by atoms with Crippen LogP contribution in [0, 0.1) is 0 Å². The Labute approximate surface area is 171 Å². The predicted octanol–water partition coefficient (Wildman–Crippen LogP) is 3.65. The largest absolute Gasteiger partial charge is 0.326 e. The number of aromatic amines is 1. The summed E-state index contributed by atoms with van der Waals surface area (Å²) in [5, 5.41) is 12.4. The van der Waals surface area contributed by atoms with Crippen molar-refractivity contribution in [2.75, 3.05) is 13.1 Å². The van der Waals surface area contributed by atoms with Crippen molar-refractivity contribution in [3.05, 3.63) is 71.7 Å². The molecule has 0 saturated carbocycles. The fourth-order valence-corrected chi connectivity index (χ4v) is 3.76. The second kappa shape index (κ2) is 6.76. The molecule has 30 heavy (non-hydrogen) atoms. The number of benzene rings is 2. The van der Waals surface area contributed by atoms with E-state index in [0.717, 1.165) is 38.2 Å². The molecule has 8 heteroatoms. The van der Waals surface area contributed by atoms with Crippen LogP contribution < -0.4 is 0 Å². The molecule has 1 amide bonds. The van der Waals surface area contributed by atoms with Gasteiger partial charge in [-0.15, -0.1) is 0 Å². The lowest BCUT2D eigenvalue weighted by atomic mass is 10.0. The molecule has 0 aliphatic carbocycles. The minimum absolute atomic E-state index is 0.379. The van der Waals surface area contributed by atoms with Crippen molar-refractivity contribution in [1.29, 1.82) is 0 Å². The molecule has 0 atom stereocenters. The molecule has 4 aromatic rings. The van der Waals surface area contributed by atoms with Crippen LogP contribution in [0.2, 0.25) is 0 Å². The number of nitrogens with zero attached hydrogens (tertiary/aromatic N) is 4. The molecule has 2 aromatic heterocycles. The Morgan fingerprint density at radius 1 is 1.13 bits per heavy atom. The maximum absolute atomic E-state index is 13.1. The zero-order valence-electron chi connectivity index (χ0n) is 16.3. The van der Waals surface area contributed by atoms with Gasteiger partial charge in [-0.25, -0.2) is 8.78 Å². The Hall–Kier alpha value is -3.55. The Bertz CT molecular complexity index is 1230. The van der Waals surface area contributed by atoms with Crippen molar-refractivity contribution in [2.24, 2.45) is 7.05 Å². The first-order valence-electron chi connectivity index (χ1n) is 9.60. The van der Waals surface area contributed by atoms with Crippen molar-refractivity contribution in [3.63, 3.8) is 0 Å². The van der Waals surface area contributed by atoms with Crippen LogP contribution in [0.1, 0.15) is 21.6 Å². The first-order chi connectivity index (χ1) is 14.4. The lowest BCUT2D eigenvalue weighted by Crippen LogP contribution is -2.58. The van der Waals surface area contributed by atoms with Crippen LogP contribution >= 0.6 is 0 Å². The zero-order valence-corrected chi connectivity index (χ0v) is 16.3. The molecule has 1 N–H and O–H groups in total. The van der Waals surface area contributed by atoms with Gasteiger partial charge in [0.1, 0.15) is 0 Å². The van der Waals surface area contributed by atoms with Gasteiger partial charge in [-0.2, -0.15) is 10.2 Å². The number of fused-ring (bicyclic) bond motifs is 1. The number of amides is 1. The highest BCUT2D eigenvalue weighted by molar-refractivity contribution is 5.99. The zero-order chi connectivity index (χ0) is 20.9. The summed E-state index contributed by atoms with van der Waals surface area (Å²) < 4.78 is 28.0. The Morgan fingerprint density at radius 2 is 1.90 bits per heavy atom. The summed E-state index contributed by atoms with van der Waals surface area (Å²) in [6.07, 6.45) is 4.40. The first-order valence-corrected chi connectivity index (χ1v) is 9.60. The average Bonchev–Trinajstić information content (AvgIpc) is 3.32. The van der Waals surface area contributed by atoms with Crippen LogP contribution in [0.15, 0.2) is 54.9 Å². The van der Waals surface area contributed by atoms with Crippen molar-refractivity contribution >= 4 is 16.8 Å². The van der Waals surface area contributed by atoms with Gasteiger partial charge >= 0.3 is 0 Å². The normalized spacial score (nSPS) is 15.4. The number of alkyl halides is 2. The van der Waals surface area contributed by atoms with E-state index in [2.05, 4.69) is 15.3 Å². The number of aryl methyl sites for hydroxylation is 1. The number of rotatable bonds is 4. The number of carbonyl (C=O) groups excluding carboxylic acids is 1. The van der Waals surface area contributed by atoms with Gasteiger partial charge in [0, 0.05) is 41.9 Å². The number of carbonyl (C=O) groups is 1. The van der Waals surface area contributed by atoms with Gasteiger partial charge in [0.05, 0.1) is 24.8 Å². The molecular formula is C22H19F2N5O. The van der Waals surface area contributed by atoms with E-state index in [-0.39, 0.29) is 5.91 Å². The van der Waals surface area contributed by atoms with Crippen molar-refractivity contribution in [1.82, 2.24) is 24.9 Å². The van der Waals surface area contributed by atoms with Gasteiger partial charge < -0.3 is 4.90 Å². The third-order valence-corrected chi connectivity index (χ3v) is 5.38. The molecule has 1 saturated heterocycles. The number of hydrogen-bond donors (Lipinski definition) is 1. The first kappa shape index (κ1) is 18.5. The van der Waals surface area contributed by atoms with Crippen LogP contribution in [0.25, 0.3) is 22.0 Å². The highest BCUT2D eigenvalue weighted by Crippen LogP contribution is 2.29. The number of H-pyrrole nitrogens is 1. The summed E-state index contributed by atoms with van der Waals surface area (Å²) in [4.78, 5) is 13.6. The van der Waals surface area contributed by atoms with Crippen LogP contribution in [-0.4, -0.2) is 49.8 Å². The van der Waals surface area contributed by atoms with Crippen LogP contribution in [0.4, 0.5) is 8.78 Å². The summed E-state index contributed by atoms with van der Waals surface area (Å²) in [7, 11) is 1.88. The van der Waals surface area contributed by atoms with E-state index in [1.165, 1.54) is 0 Å². The number of likely N-dealkylation sites (tertiary alicyclic amines) is 1. The van der Waals surface area contributed by atoms with E-state index in [1.54, 1.807) is 22.9 Å². The standard InChI is InChI=1S/C22H19F2N5O/c1-28-11-17(10-25-28)15-4-2-14(3-5-15)8-20-18-9-16(6-7-19(18)26-27-20)21(30)29-12-22(23,24)13-29/h2-7,9-11H,8,12-13H2,1H3,(H,26,27). The molecular weight excluding hydrogens is 388 g/mol. The molecule has 152 valence electrons. The van der Waals surface area contributed by atoms with Crippen LogP contribution in [0.3, 0.4) is 0 Å². The van der Waals surface area contributed by atoms with Gasteiger partial charge in [-0.1, -0.05) is 24.3 Å². The molecule has 3 heterocycles. The fourth-order valence-electron chi connectivity index (χ4n) is 3.76. The number of halogens is 2. The topological polar surface area (TPSA) is 66.8 Å². The maximum atomic E-state index is 13.1. The quantitative estimate of drug-likeness (QED) is 0.562. The van der Waals surface area contributed by atoms with E-state index in [4.69, 9.17) is 0 Å². The van der Waals surface area contributed by atoms with Crippen LogP contribution in [-0.2, 0) is 13.5 Å². The Kier molecular flexibility index (Phi) is 4.16. The molecule has 1 aliphatic heterocycles. The molecule has 2 aromatic carbocycles. The third-order valence-electron chi connectivity index (χ3n) is 5.38. The van der Waals surface area contributed by atoms with E-state index in [0.29, 0.717) is 12.0 Å². The molecule has 1 fully saturated rings. The van der Waals surface area contributed by atoms with Crippen molar-refractivity contribution in [2.45, 2.75) is 12.3 Å². The van der Waals surface area contributed by atoms with E-state index >= 15 is 0 Å². The molecule has 6 nitrogen and oxygen atoms in total. The monoisotopic (exact) mass is 407 g/mol. The summed E-state index contributed by atoms with van der Waals surface area (Å²) in [5.41, 5.74) is 5.24. The molecule has 0 radical (unpaired) electrons. The van der Waals surface area contributed by atoms with E-state index in [1.807, 2.05) is 43.7 Å². The second-order valence-electron chi connectivity index (χ2n) is 7.73. The summed E-state index contributed by atoms with van der Waals surface area (Å²) >= 11 is 0. The minimum Gasteiger partial charge on any atom is -0.326 e. The van der Waals surface area contributed by atoms with Gasteiger partial charge in [0.15, 0.2) is 0 Å². The van der Waals surface area contributed by atoms with E-state index in [9.17, 15) is 13.6 Å². The Morgan fingerprint density at radius 3 is 2.57 bits per heavy atom. The second-order valence-corrected chi connectivity index (χ2v) is 7.73. The molecule has 1 aliphatic rings. The molecule has 0 bridgehead atoms. The third kappa shape index (κ3) is 3.34. The van der Waals surface area contributed by atoms with E-state index < -0.39 is 19.0 Å². The predicted molar refractivity (Wildman–Crippen MR) is 108 cm³/mol. The summed E-state index contributed by atoms with van der Waals surface area (Å²) in [6, 6.07) is 13.3. The summed E-state index contributed by atoms with van der Waals surface area (Å²) in [5.74, 6) is -3.15. The van der Waals surface area contributed by atoms with Crippen molar-refractivity contribution in [3.8, 4) is 11.1 Å². The highest BCUT2D eigenvalue weighted by Gasteiger charge is 2.46. The van der Waals surface area contributed by atoms with Crippen LogP contribution in [0.5, 0.6) is 0 Å². The molecule has 0 unspecified atom stereocenters. The number of aromatic nitrogens is 4. The van der Waals surface area contributed by atoms with Gasteiger partial charge in [-0.3, -0.25) is 14.6 Å². The fraction of sp³-hybridized carbons (Fsp3) is 0.227. The minimum atomic E-state index is -2.78. The molecule has 5 rings (SSSR count). The summed E-state index contributed by atoms with van der Waals surface area (Å²) in [6.45, 7) is -1.04. The van der Waals surface area contributed by atoms with Gasteiger partial charge in [0.25, 0.3) is 11.8 Å². The van der Waals surface area contributed by atoms with Gasteiger partial charge in [0.2, 0.25) is 0 Å². The SMILES string of the molecule is Cn1cc(-c2ccc(Cc3[nH]nc4ccc(C(=O)N5CC(F)(F)C5)cc34)cc2)cn1. The lowest BCUT2D eigenvalue weighted by molar-refractivity contribution is -0.113. The smallest absolute Gasteiger partial charge is 0.282 e. The maximum Gasteiger partial charge on any atom is 0.282 e.